The summed E-state index contributed by atoms with van der Waals surface area (Å²) in [5.74, 6) is -0.183. The second-order valence-corrected chi connectivity index (χ2v) is 3.85. The molecule has 0 bridgehead atoms. The predicted octanol–water partition coefficient (Wildman–Crippen LogP) is 2.22. The third-order valence-electron chi connectivity index (χ3n) is 2.69. The van der Waals surface area contributed by atoms with E-state index < -0.39 is 0 Å². The van der Waals surface area contributed by atoms with Gasteiger partial charge in [-0.05, 0) is 24.1 Å². The van der Waals surface area contributed by atoms with Crippen molar-refractivity contribution in [1.82, 2.24) is 5.48 Å². The number of carbonyl (C=O) groups is 1. The zero-order valence-corrected chi connectivity index (χ0v) is 9.95. The number of carbonyl (C=O) groups excluding carboxylic acids is 1. The molecule has 1 heterocycles. The minimum Gasteiger partial charge on any atom is -0.464 e. The Balaban J connectivity index is 2.30. The van der Waals surface area contributed by atoms with E-state index in [0.29, 0.717) is 0 Å². The smallest absolute Gasteiger partial charge is 0.248 e. The molecule has 2 rings (SSSR count). The molecule has 0 aliphatic carbocycles. The van der Waals surface area contributed by atoms with Gasteiger partial charge in [0.15, 0.2) is 0 Å². The van der Waals surface area contributed by atoms with Gasteiger partial charge in [0.1, 0.15) is 5.58 Å². The summed E-state index contributed by atoms with van der Waals surface area (Å²) in [6.07, 6.45) is 2.85. The van der Waals surface area contributed by atoms with E-state index in [-0.39, 0.29) is 12.3 Å². The summed E-state index contributed by atoms with van der Waals surface area (Å²) in [4.78, 5) is 16.0. The van der Waals surface area contributed by atoms with Crippen LogP contribution in [-0.2, 0) is 22.5 Å². The first kappa shape index (κ1) is 11.7. The molecular weight excluding hydrogens is 218 g/mol. The van der Waals surface area contributed by atoms with Crippen molar-refractivity contribution < 1.29 is 14.0 Å². The van der Waals surface area contributed by atoms with Crippen LogP contribution in [0.3, 0.4) is 0 Å². The lowest BCUT2D eigenvalue weighted by Crippen LogP contribution is -2.23. The fourth-order valence-electron chi connectivity index (χ4n) is 1.81. The van der Waals surface area contributed by atoms with Gasteiger partial charge in [0, 0.05) is 10.9 Å². The standard InChI is InChI=1S/C13H15NO3/c1-3-9-4-5-12-11(6-9)10(8-17-12)7-13(15)14-16-2/h4-6,8H,3,7H2,1-2H3,(H,14,15). The molecule has 1 aromatic heterocycles. The first-order valence-electron chi connectivity index (χ1n) is 5.55. The summed E-state index contributed by atoms with van der Waals surface area (Å²) in [6.45, 7) is 2.10. The number of furan rings is 1. The lowest BCUT2D eigenvalue weighted by Gasteiger charge is -2.01. The van der Waals surface area contributed by atoms with Crippen molar-refractivity contribution in [2.24, 2.45) is 0 Å². The highest BCUT2D eigenvalue weighted by atomic mass is 16.6. The van der Waals surface area contributed by atoms with Crippen LogP contribution in [0.5, 0.6) is 0 Å². The molecule has 1 amide bonds. The van der Waals surface area contributed by atoms with Crippen LogP contribution in [0.1, 0.15) is 18.1 Å². The number of amides is 1. The van der Waals surface area contributed by atoms with E-state index in [1.807, 2.05) is 12.1 Å². The Morgan fingerprint density at radius 2 is 2.29 bits per heavy atom. The van der Waals surface area contributed by atoms with Crippen LogP contribution in [0.4, 0.5) is 0 Å². The normalized spacial score (nSPS) is 10.7. The van der Waals surface area contributed by atoms with Gasteiger partial charge in [-0.1, -0.05) is 13.0 Å². The number of rotatable bonds is 4. The molecule has 0 saturated carbocycles. The van der Waals surface area contributed by atoms with Gasteiger partial charge in [0.25, 0.3) is 0 Å². The molecule has 0 fully saturated rings. The molecule has 4 nitrogen and oxygen atoms in total. The maximum atomic E-state index is 11.4. The summed E-state index contributed by atoms with van der Waals surface area (Å²) >= 11 is 0. The van der Waals surface area contributed by atoms with Crippen LogP contribution in [0, 0.1) is 0 Å². The highest BCUT2D eigenvalue weighted by Gasteiger charge is 2.10. The molecule has 0 atom stereocenters. The molecule has 1 aromatic carbocycles. The predicted molar refractivity (Wildman–Crippen MR) is 64.4 cm³/mol. The first-order chi connectivity index (χ1) is 8.24. The Hall–Kier alpha value is -1.81. The number of hydrogen-bond acceptors (Lipinski definition) is 3. The third-order valence-corrected chi connectivity index (χ3v) is 2.69. The number of aryl methyl sites for hydroxylation is 1. The molecule has 0 spiro atoms. The molecule has 0 unspecified atom stereocenters. The van der Waals surface area contributed by atoms with Crippen LogP contribution < -0.4 is 5.48 Å². The average Bonchev–Trinajstić information content (AvgIpc) is 2.72. The Labute approximate surface area is 99.5 Å². The molecular formula is C13H15NO3. The van der Waals surface area contributed by atoms with E-state index in [1.54, 1.807) is 6.26 Å². The highest BCUT2D eigenvalue weighted by molar-refractivity contribution is 5.87. The molecule has 90 valence electrons. The number of hydrogen-bond donors (Lipinski definition) is 1. The molecule has 2 aromatic rings. The monoisotopic (exact) mass is 233 g/mol. The van der Waals surface area contributed by atoms with Crippen molar-refractivity contribution >= 4 is 16.9 Å². The molecule has 1 N–H and O–H groups in total. The van der Waals surface area contributed by atoms with Crippen LogP contribution in [0.2, 0.25) is 0 Å². The average molecular weight is 233 g/mol. The van der Waals surface area contributed by atoms with E-state index in [2.05, 4.69) is 23.3 Å². The molecule has 0 saturated heterocycles. The number of fused-ring (bicyclic) bond motifs is 1. The molecule has 0 aliphatic heterocycles. The van der Waals surface area contributed by atoms with E-state index in [9.17, 15) is 4.79 Å². The zero-order valence-electron chi connectivity index (χ0n) is 9.95. The summed E-state index contributed by atoms with van der Waals surface area (Å²) in [6, 6.07) is 6.03. The van der Waals surface area contributed by atoms with Gasteiger partial charge in [-0.2, -0.15) is 0 Å². The van der Waals surface area contributed by atoms with E-state index in [1.165, 1.54) is 12.7 Å². The van der Waals surface area contributed by atoms with Crippen molar-refractivity contribution in [2.75, 3.05) is 7.11 Å². The molecule has 0 radical (unpaired) electrons. The van der Waals surface area contributed by atoms with Gasteiger partial charge in [0.05, 0.1) is 19.8 Å². The number of benzene rings is 1. The number of nitrogens with one attached hydrogen (secondary N) is 1. The van der Waals surface area contributed by atoms with Crippen LogP contribution in [0.15, 0.2) is 28.9 Å². The Bertz CT molecular complexity index is 530. The van der Waals surface area contributed by atoms with Gasteiger partial charge in [0.2, 0.25) is 5.91 Å². The largest absolute Gasteiger partial charge is 0.464 e. The Kier molecular flexibility index (Phi) is 3.44. The van der Waals surface area contributed by atoms with Gasteiger partial charge >= 0.3 is 0 Å². The van der Waals surface area contributed by atoms with Gasteiger partial charge < -0.3 is 4.42 Å². The van der Waals surface area contributed by atoms with Gasteiger partial charge in [-0.15, -0.1) is 0 Å². The molecule has 0 aliphatic rings. The minimum atomic E-state index is -0.183. The highest BCUT2D eigenvalue weighted by Crippen LogP contribution is 2.23. The van der Waals surface area contributed by atoms with E-state index >= 15 is 0 Å². The maximum Gasteiger partial charge on any atom is 0.248 e. The van der Waals surface area contributed by atoms with Crippen molar-refractivity contribution in [3.05, 3.63) is 35.6 Å². The molecule has 17 heavy (non-hydrogen) atoms. The Morgan fingerprint density at radius 1 is 1.47 bits per heavy atom. The van der Waals surface area contributed by atoms with Crippen molar-refractivity contribution in [1.29, 1.82) is 0 Å². The van der Waals surface area contributed by atoms with Crippen LogP contribution in [-0.4, -0.2) is 13.0 Å². The van der Waals surface area contributed by atoms with Gasteiger partial charge in [-0.3, -0.25) is 9.63 Å². The summed E-state index contributed by atoms with van der Waals surface area (Å²) in [5, 5.41) is 0.996. The zero-order chi connectivity index (χ0) is 12.3. The van der Waals surface area contributed by atoms with Gasteiger partial charge in [-0.25, -0.2) is 5.48 Å². The van der Waals surface area contributed by atoms with Crippen LogP contribution >= 0.6 is 0 Å². The lowest BCUT2D eigenvalue weighted by atomic mass is 10.1. The van der Waals surface area contributed by atoms with Crippen molar-refractivity contribution in [3.63, 3.8) is 0 Å². The van der Waals surface area contributed by atoms with Crippen molar-refractivity contribution in [2.45, 2.75) is 19.8 Å². The van der Waals surface area contributed by atoms with Crippen molar-refractivity contribution in [3.8, 4) is 0 Å². The fourth-order valence-corrected chi connectivity index (χ4v) is 1.81. The second kappa shape index (κ2) is 5.01. The first-order valence-corrected chi connectivity index (χ1v) is 5.55. The quantitative estimate of drug-likeness (QED) is 0.824. The summed E-state index contributed by atoms with van der Waals surface area (Å²) in [5.41, 5.74) is 5.21. The summed E-state index contributed by atoms with van der Waals surface area (Å²) < 4.78 is 5.41. The topological polar surface area (TPSA) is 51.5 Å². The second-order valence-electron chi connectivity index (χ2n) is 3.85. The molecule has 4 heteroatoms. The van der Waals surface area contributed by atoms with Crippen LogP contribution in [0.25, 0.3) is 11.0 Å². The lowest BCUT2D eigenvalue weighted by molar-refractivity contribution is -0.130. The minimum absolute atomic E-state index is 0.183. The Morgan fingerprint density at radius 3 is 3.00 bits per heavy atom. The third kappa shape index (κ3) is 2.47. The maximum absolute atomic E-state index is 11.4. The van der Waals surface area contributed by atoms with E-state index in [0.717, 1.165) is 23.0 Å². The fraction of sp³-hybridized carbons (Fsp3) is 0.308. The number of hydroxylamine groups is 1. The SMILES string of the molecule is CCc1ccc2occ(CC(=O)NOC)c2c1. The summed E-state index contributed by atoms with van der Waals surface area (Å²) in [7, 11) is 1.42. The van der Waals surface area contributed by atoms with E-state index in [4.69, 9.17) is 4.42 Å².